The Morgan fingerprint density at radius 3 is 2.33 bits per heavy atom. The predicted octanol–water partition coefficient (Wildman–Crippen LogP) is 0.757. The molecule has 0 saturated carbocycles. The maximum absolute atomic E-state index is 8.35. The third-order valence-electron chi connectivity index (χ3n) is 0.415. The van der Waals surface area contributed by atoms with Crippen LogP contribution in [0.15, 0.2) is 12.2 Å². The van der Waals surface area contributed by atoms with E-state index in [1.54, 1.807) is 12.2 Å². The van der Waals surface area contributed by atoms with Crippen molar-refractivity contribution in [1.82, 2.24) is 0 Å². The molecule has 0 bridgehead atoms. The first-order chi connectivity index (χ1) is 2.77. The van der Waals surface area contributed by atoms with Crippen LogP contribution in [0.5, 0.6) is 0 Å². The van der Waals surface area contributed by atoms with Gasteiger partial charge in [-0.1, -0.05) is 12.2 Å². The standard InChI is InChI=1S/C5H9O/c1-3-4-5(2)6/h3-6H,2H2,1H3. The lowest BCUT2D eigenvalue weighted by Gasteiger charge is -1.86. The van der Waals surface area contributed by atoms with Crippen molar-refractivity contribution in [2.24, 2.45) is 0 Å². The van der Waals surface area contributed by atoms with Crippen LogP contribution < -0.4 is 0 Å². The summed E-state index contributed by atoms with van der Waals surface area (Å²) in [5.74, 6) is 0. The van der Waals surface area contributed by atoms with Crippen LogP contribution in [0.4, 0.5) is 0 Å². The lowest BCUT2D eigenvalue weighted by Crippen LogP contribution is -1.90. The fourth-order valence-corrected chi connectivity index (χ4v) is 0.222. The Balaban J connectivity index is 3.03. The molecule has 0 heterocycles. The summed E-state index contributed by atoms with van der Waals surface area (Å²) in [7, 11) is 0. The Morgan fingerprint density at radius 1 is 1.83 bits per heavy atom. The van der Waals surface area contributed by atoms with E-state index in [0.717, 1.165) is 0 Å². The van der Waals surface area contributed by atoms with E-state index in [4.69, 9.17) is 5.11 Å². The third kappa shape index (κ3) is 3.70. The molecular formula is C5H9O. The smallest absolute Gasteiger partial charge is 0.0721 e. The van der Waals surface area contributed by atoms with Gasteiger partial charge in [0.2, 0.25) is 0 Å². The summed E-state index contributed by atoms with van der Waals surface area (Å²) in [6, 6.07) is 0. The number of aliphatic hydroxyl groups excluding tert-OH is 1. The van der Waals surface area contributed by atoms with Gasteiger partial charge in [0.05, 0.1) is 6.10 Å². The van der Waals surface area contributed by atoms with Crippen LogP contribution in [0.1, 0.15) is 6.92 Å². The number of allylic oxidation sites excluding steroid dienone is 1. The van der Waals surface area contributed by atoms with Crippen molar-refractivity contribution in [3.63, 3.8) is 0 Å². The fourth-order valence-electron chi connectivity index (χ4n) is 0.222. The summed E-state index contributed by atoms with van der Waals surface area (Å²) in [6.07, 6.45) is 2.84. The molecule has 0 rings (SSSR count). The van der Waals surface area contributed by atoms with Crippen molar-refractivity contribution in [3.05, 3.63) is 19.1 Å². The van der Waals surface area contributed by atoms with Gasteiger partial charge in [-0.2, -0.15) is 0 Å². The fraction of sp³-hybridized carbons (Fsp3) is 0.400. The molecule has 6 heavy (non-hydrogen) atoms. The van der Waals surface area contributed by atoms with Crippen LogP contribution in [0.3, 0.4) is 0 Å². The van der Waals surface area contributed by atoms with Crippen molar-refractivity contribution in [2.45, 2.75) is 13.0 Å². The minimum atomic E-state index is -0.532. The molecule has 35 valence electrons. The lowest BCUT2D eigenvalue weighted by atomic mass is 10.4. The van der Waals surface area contributed by atoms with Crippen LogP contribution in [0.2, 0.25) is 0 Å². The summed E-state index contributed by atoms with van der Waals surface area (Å²) in [6.45, 7) is 5.14. The number of aliphatic hydroxyl groups is 1. The van der Waals surface area contributed by atoms with E-state index in [9.17, 15) is 0 Å². The quantitative estimate of drug-likeness (QED) is 0.466. The highest BCUT2D eigenvalue weighted by Crippen LogP contribution is 1.77. The second-order valence-electron chi connectivity index (χ2n) is 1.09. The molecule has 0 aliphatic carbocycles. The van der Waals surface area contributed by atoms with Gasteiger partial charge in [-0.25, -0.2) is 0 Å². The van der Waals surface area contributed by atoms with Gasteiger partial charge in [0.1, 0.15) is 0 Å². The van der Waals surface area contributed by atoms with Gasteiger partial charge in [0, 0.05) is 0 Å². The Bertz CT molecular complexity index is 45.9. The van der Waals surface area contributed by atoms with E-state index < -0.39 is 6.10 Å². The first-order valence-corrected chi connectivity index (χ1v) is 1.91. The minimum absolute atomic E-state index is 0.532. The van der Waals surface area contributed by atoms with Crippen LogP contribution in [-0.2, 0) is 0 Å². The van der Waals surface area contributed by atoms with Gasteiger partial charge in [0.15, 0.2) is 0 Å². The van der Waals surface area contributed by atoms with Crippen molar-refractivity contribution in [1.29, 1.82) is 0 Å². The second-order valence-corrected chi connectivity index (χ2v) is 1.09. The predicted molar refractivity (Wildman–Crippen MR) is 26.2 cm³/mol. The van der Waals surface area contributed by atoms with Gasteiger partial charge in [0.25, 0.3) is 0 Å². The summed E-state index contributed by atoms with van der Waals surface area (Å²) in [5, 5.41) is 8.35. The van der Waals surface area contributed by atoms with Gasteiger partial charge >= 0.3 is 0 Å². The van der Waals surface area contributed by atoms with Crippen molar-refractivity contribution in [2.75, 3.05) is 0 Å². The monoisotopic (exact) mass is 85.1 g/mol. The average Bonchev–Trinajstić information content (AvgIpc) is 1.35. The molecule has 1 atom stereocenters. The molecule has 0 fully saturated rings. The maximum atomic E-state index is 8.35. The molecule has 1 N–H and O–H groups in total. The van der Waals surface area contributed by atoms with Gasteiger partial charge < -0.3 is 5.11 Å². The Hall–Kier alpha value is -0.300. The molecule has 1 radical (unpaired) electrons. The highest BCUT2D eigenvalue weighted by molar-refractivity contribution is 4.86. The molecule has 0 aliphatic heterocycles. The average molecular weight is 85.1 g/mol. The topological polar surface area (TPSA) is 20.2 Å². The van der Waals surface area contributed by atoms with E-state index in [2.05, 4.69) is 6.92 Å². The zero-order valence-corrected chi connectivity index (χ0v) is 3.89. The molecule has 0 amide bonds. The molecule has 1 nitrogen and oxygen atoms in total. The van der Waals surface area contributed by atoms with Crippen molar-refractivity contribution < 1.29 is 5.11 Å². The second kappa shape index (κ2) is 2.91. The normalized spacial score (nSPS) is 15.8. The van der Waals surface area contributed by atoms with E-state index in [-0.39, 0.29) is 0 Å². The Kier molecular flexibility index (Phi) is 2.77. The summed E-state index contributed by atoms with van der Waals surface area (Å²) in [4.78, 5) is 0. The molecule has 0 aromatic rings. The summed E-state index contributed by atoms with van der Waals surface area (Å²) in [5.41, 5.74) is 0. The van der Waals surface area contributed by atoms with Crippen LogP contribution in [0, 0.1) is 6.92 Å². The molecule has 1 heteroatoms. The van der Waals surface area contributed by atoms with Crippen LogP contribution in [0.25, 0.3) is 0 Å². The largest absolute Gasteiger partial charge is 0.389 e. The van der Waals surface area contributed by atoms with Crippen LogP contribution >= 0.6 is 0 Å². The molecule has 0 aliphatic rings. The SMILES string of the molecule is [CH2]C(O)C=CC. The lowest BCUT2D eigenvalue weighted by molar-refractivity contribution is 0.269. The molecule has 0 saturated heterocycles. The van der Waals surface area contributed by atoms with E-state index in [1.807, 2.05) is 6.92 Å². The zero-order chi connectivity index (χ0) is 4.99. The highest BCUT2D eigenvalue weighted by atomic mass is 16.3. The van der Waals surface area contributed by atoms with Crippen LogP contribution in [-0.4, -0.2) is 11.2 Å². The zero-order valence-electron chi connectivity index (χ0n) is 3.89. The minimum Gasteiger partial charge on any atom is -0.389 e. The van der Waals surface area contributed by atoms with E-state index >= 15 is 0 Å². The molecule has 0 aromatic heterocycles. The Labute approximate surface area is 38.3 Å². The third-order valence-corrected chi connectivity index (χ3v) is 0.415. The molecule has 1 unspecified atom stereocenters. The first-order valence-electron chi connectivity index (χ1n) is 1.91. The number of hydrogen-bond donors (Lipinski definition) is 1. The number of hydrogen-bond acceptors (Lipinski definition) is 1. The first kappa shape index (κ1) is 5.70. The Morgan fingerprint density at radius 2 is 2.33 bits per heavy atom. The van der Waals surface area contributed by atoms with Gasteiger partial charge in [-0.3, -0.25) is 0 Å². The summed E-state index contributed by atoms with van der Waals surface area (Å²) < 4.78 is 0. The van der Waals surface area contributed by atoms with Crippen molar-refractivity contribution >= 4 is 0 Å². The van der Waals surface area contributed by atoms with E-state index in [1.165, 1.54) is 0 Å². The highest BCUT2D eigenvalue weighted by Gasteiger charge is 1.78. The van der Waals surface area contributed by atoms with Crippen molar-refractivity contribution in [3.8, 4) is 0 Å². The van der Waals surface area contributed by atoms with E-state index in [0.29, 0.717) is 0 Å². The molecular weight excluding hydrogens is 76.1 g/mol. The molecule has 0 aromatic carbocycles. The number of rotatable bonds is 1. The van der Waals surface area contributed by atoms with Gasteiger partial charge in [-0.15, -0.1) is 0 Å². The molecule has 0 spiro atoms. The maximum Gasteiger partial charge on any atom is 0.0721 e. The van der Waals surface area contributed by atoms with Gasteiger partial charge in [-0.05, 0) is 13.8 Å². The summed E-state index contributed by atoms with van der Waals surface area (Å²) >= 11 is 0.